The fourth-order valence-electron chi connectivity index (χ4n) is 0.963. The van der Waals surface area contributed by atoms with E-state index in [1.807, 2.05) is 6.92 Å². The first-order valence-corrected chi connectivity index (χ1v) is 5.38. The summed E-state index contributed by atoms with van der Waals surface area (Å²) < 4.78 is 36.4. The molecular weight excluding hydrogens is 212 g/mol. The van der Waals surface area contributed by atoms with Crippen LogP contribution in [-0.4, -0.2) is 9.55 Å². The van der Waals surface area contributed by atoms with Crippen LogP contribution in [-0.2, 0) is 6.54 Å². The van der Waals surface area contributed by atoms with Crippen LogP contribution in [0.1, 0.15) is 19.8 Å². The summed E-state index contributed by atoms with van der Waals surface area (Å²) in [6.45, 7) is 2.58. The van der Waals surface area contributed by atoms with E-state index in [0.717, 1.165) is 12.8 Å². The summed E-state index contributed by atoms with van der Waals surface area (Å²) in [5, 5.41) is 0. The maximum absolute atomic E-state index is 10.3. The average Bonchev–Trinajstić information content (AvgIpc) is 2.45. The fourth-order valence-corrected chi connectivity index (χ4v) is 1.26. The largest absolute Gasteiger partial charge is 0.460 e. The van der Waals surface area contributed by atoms with Crippen molar-refractivity contribution in [2.24, 2.45) is 0 Å². The second-order valence-corrected chi connectivity index (χ2v) is 3.62. The number of halogens is 1. The minimum Gasteiger partial charge on any atom is -0.288 e. The van der Waals surface area contributed by atoms with Crippen LogP contribution in [0.25, 0.3) is 0 Å². The number of unbranched alkanes of at least 4 members (excludes halogenated alkanes) is 1. The zero-order valence-electron chi connectivity index (χ0n) is 7.68. The van der Waals surface area contributed by atoms with Gasteiger partial charge in [0.25, 0.3) is 0 Å². The number of imidazole rings is 1. The van der Waals surface area contributed by atoms with Gasteiger partial charge in [0.05, 0.1) is 0 Å². The lowest BCUT2D eigenvalue weighted by atomic mass is 10.3. The van der Waals surface area contributed by atoms with Gasteiger partial charge in [0, 0.05) is 18.9 Å². The van der Waals surface area contributed by atoms with Crippen molar-refractivity contribution in [3.05, 3.63) is 12.4 Å². The summed E-state index contributed by atoms with van der Waals surface area (Å²) >= 11 is 0. The van der Waals surface area contributed by atoms with Gasteiger partial charge in [-0.3, -0.25) is 4.57 Å². The van der Waals surface area contributed by atoms with Crippen molar-refractivity contribution < 1.29 is 28.5 Å². The number of hydrogen-bond acceptors (Lipinski definition) is 5. The Kier molecular flexibility index (Phi) is 3.70. The molecule has 0 saturated heterocycles. The lowest BCUT2D eigenvalue weighted by Crippen LogP contribution is -2.63. The van der Waals surface area contributed by atoms with Gasteiger partial charge in [0.2, 0.25) is 0 Å². The minimum absolute atomic E-state index is 0.185. The van der Waals surface area contributed by atoms with Gasteiger partial charge < -0.3 is 0 Å². The topological polar surface area (TPSA) is 96.2 Å². The number of aryl methyl sites for hydroxylation is 1. The maximum Gasteiger partial charge on any atom is 0.460 e. The van der Waals surface area contributed by atoms with Gasteiger partial charge in [-0.2, -0.15) is 19.0 Å². The van der Waals surface area contributed by atoms with E-state index >= 15 is 0 Å². The summed E-state index contributed by atoms with van der Waals surface area (Å²) in [5.41, 5.74) is 0. The molecule has 1 heterocycles. The molecule has 0 amide bonds. The van der Waals surface area contributed by atoms with Gasteiger partial charge in [-0.05, 0) is 10.7 Å². The van der Waals surface area contributed by atoms with Crippen LogP contribution >= 0.6 is 0 Å². The van der Waals surface area contributed by atoms with Crippen LogP contribution < -0.4 is 18.3 Å². The molecule has 0 aliphatic heterocycles. The summed E-state index contributed by atoms with van der Waals surface area (Å²) in [6, 6.07) is -0.185. The van der Waals surface area contributed by atoms with Gasteiger partial charge in [0.1, 0.15) is 10.2 Å². The number of rotatable bonds is 5. The number of hydrogen-bond donors (Lipinski definition) is 0. The summed E-state index contributed by atoms with van der Waals surface area (Å²) in [7, 11) is -4.46. The Hall–Kier alpha value is -0.820. The SMILES string of the molecule is CCCCn1ccnc1O[Cl+3]([O-])([O-])[O-]. The Bertz CT molecular complexity index is 283. The molecule has 1 rings (SSSR count). The van der Waals surface area contributed by atoms with Crippen LogP contribution in [0.3, 0.4) is 0 Å². The smallest absolute Gasteiger partial charge is 0.288 e. The van der Waals surface area contributed by atoms with Gasteiger partial charge in [0.15, 0.2) is 0 Å². The molecule has 0 aromatic carbocycles. The van der Waals surface area contributed by atoms with Crippen LogP contribution in [0.2, 0.25) is 0 Å². The molecule has 0 aliphatic rings. The van der Waals surface area contributed by atoms with E-state index in [0.29, 0.717) is 6.54 Å². The number of nitrogens with zero attached hydrogens (tertiary/aromatic N) is 2. The molecule has 0 radical (unpaired) electrons. The lowest BCUT2D eigenvalue weighted by molar-refractivity contribution is -1.91. The van der Waals surface area contributed by atoms with Crippen molar-refractivity contribution in [2.45, 2.75) is 26.3 Å². The first-order chi connectivity index (χ1) is 6.53. The molecule has 0 bridgehead atoms. The van der Waals surface area contributed by atoms with E-state index in [2.05, 4.69) is 9.27 Å². The highest BCUT2D eigenvalue weighted by atomic mass is 35.7. The van der Waals surface area contributed by atoms with E-state index in [-0.39, 0.29) is 6.01 Å². The quantitative estimate of drug-likeness (QED) is 0.572. The standard InChI is InChI=1S/C7H11ClN2O4/c1-2-3-5-10-6-4-9-7(10)14-8(11,12)13/h4,6H,2-3,5H2,1H3. The number of aromatic nitrogens is 2. The van der Waals surface area contributed by atoms with Gasteiger partial charge in [-0.1, -0.05) is 13.3 Å². The van der Waals surface area contributed by atoms with Crippen LogP contribution in [0.4, 0.5) is 0 Å². The van der Waals surface area contributed by atoms with E-state index in [1.165, 1.54) is 10.8 Å². The molecule has 0 spiro atoms. The molecule has 0 saturated carbocycles. The Morgan fingerprint density at radius 2 is 2.21 bits per heavy atom. The van der Waals surface area contributed by atoms with Crippen molar-refractivity contribution in [3.63, 3.8) is 0 Å². The second kappa shape index (κ2) is 4.61. The van der Waals surface area contributed by atoms with Crippen molar-refractivity contribution in [2.75, 3.05) is 0 Å². The summed E-state index contributed by atoms with van der Waals surface area (Å²) in [5.74, 6) is 0. The third kappa shape index (κ3) is 3.51. The highest BCUT2D eigenvalue weighted by Gasteiger charge is 2.23. The van der Waals surface area contributed by atoms with E-state index in [4.69, 9.17) is 0 Å². The van der Waals surface area contributed by atoms with Crippen LogP contribution in [0.15, 0.2) is 12.4 Å². The van der Waals surface area contributed by atoms with Crippen molar-refractivity contribution >= 4 is 0 Å². The minimum atomic E-state index is -4.46. The fraction of sp³-hybridized carbons (Fsp3) is 0.571. The predicted molar refractivity (Wildman–Crippen MR) is 37.8 cm³/mol. The summed E-state index contributed by atoms with van der Waals surface area (Å²) in [4.78, 5) is 3.61. The Morgan fingerprint density at radius 1 is 1.50 bits per heavy atom. The Balaban J connectivity index is 2.63. The molecule has 80 valence electrons. The van der Waals surface area contributed by atoms with E-state index in [9.17, 15) is 14.0 Å². The maximum atomic E-state index is 10.3. The third-order valence-corrected chi connectivity index (χ3v) is 1.92. The summed E-state index contributed by atoms with van der Waals surface area (Å²) in [6.07, 6.45) is 4.76. The molecule has 1 aromatic rings. The molecular formula is C7H11ClN2O4. The molecule has 0 N–H and O–H groups in total. The second-order valence-electron chi connectivity index (χ2n) is 2.71. The Labute approximate surface area is 83.5 Å². The third-order valence-electron chi connectivity index (χ3n) is 1.59. The van der Waals surface area contributed by atoms with Gasteiger partial charge in [-0.15, -0.1) is 0 Å². The molecule has 7 heteroatoms. The first-order valence-electron chi connectivity index (χ1n) is 4.14. The molecule has 6 nitrogen and oxygen atoms in total. The zero-order valence-corrected chi connectivity index (χ0v) is 8.44. The normalized spacial score (nSPS) is 11.7. The highest BCUT2D eigenvalue weighted by Crippen LogP contribution is 2.11. The lowest BCUT2D eigenvalue weighted by Gasteiger charge is -2.11. The van der Waals surface area contributed by atoms with Crippen molar-refractivity contribution in [1.29, 1.82) is 0 Å². The average molecular weight is 223 g/mol. The Morgan fingerprint density at radius 3 is 2.79 bits per heavy atom. The predicted octanol–water partition coefficient (Wildman–Crippen LogP) is -2.04. The monoisotopic (exact) mass is 222 g/mol. The van der Waals surface area contributed by atoms with E-state index < -0.39 is 10.2 Å². The van der Waals surface area contributed by atoms with Gasteiger partial charge in [-0.25, -0.2) is 0 Å². The molecule has 1 aromatic heterocycles. The van der Waals surface area contributed by atoms with Crippen LogP contribution in [0, 0.1) is 10.2 Å². The van der Waals surface area contributed by atoms with Crippen LogP contribution in [0.5, 0.6) is 6.01 Å². The highest BCUT2D eigenvalue weighted by molar-refractivity contribution is 4.96. The van der Waals surface area contributed by atoms with Crippen molar-refractivity contribution in [1.82, 2.24) is 9.55 Å². The molecule has 0 aliphatic carbocycles. The molecule has 0 fully saturated rings. The van der Waals surface area contributed by atoms with Gasteiger partial charge >= 0.3 is 6.01 Å². The molecule has 14 heavy (non-hydrogen) atoms. The zero-order chi connectivity index (χ0) is 10.6. The van der Waals surface area contributed by atoms with Crippen molar-refractivity contribution in [3.8, 4) is 6.01 Å². The molecule has 0 atom stereocenters. The first kappa shape index (κ1) is 11.3. The van der Waals surface area contributed by atoms with E-state index in [1.54, 1.807) is 6.20 Å². The molecule has 0 unspecified atom stereocenters.